The first kappa shape index (κ1) is 23.3. The minimum atomic E-state index is -3.28. The van der Waals surface area contributed by atoms with E-state index in [1.54, 1.807) is 19.9 Å². The summed E-state index contributed by atoms with van der Waals surface area (Å²) in [6.45, 7) is 5.77. The highest BCUT2D eigenvalue weighted by atomic mass is 19.3. The molecule has 0 saturated heterocycles. The van der Waals surface area contributed by atoms with Gasteiger partial charge >= 0.3 is 12.1 Å². The first-order valence-corrected chi connectivity index (χ1v) is 9.51. The zero-order valence-corrected chi connectivity index (χ0v) is 17.8. The molecule has 2 amide bonds. The number of nitrogens with zero attached hydrogens (tertiary/aromatic N) is 3. The Hall–Kier alpha value is -3.01. The molecule has 0 aliphatic rings. The van der Waals surface area contributed by atoms with E-state index in [-0.39, 0.29) is 11.7 Å². The molecule has 3 N–H and O–H groups in total. The standard InChI is InChI=1S/C20H28F2N6O2/c1-13-11-15(7-8-16(13)30-20(3,21)22)25-19(29)27-18-24-14(2)12-17(26-18)23-9-6-10-28(4)5/h7-8,11-12H,6,9-10H2,1-5H3,(H3,23,24,25,26,27,29). The van der Waals surface area contributed by atoms with Crippen LogP contribution in [-0.2, 0) is 0 Å². The summed E-state index contributed by atoms with van der Waals surface area (Å²) in [5.74, 6) is 0.819. The van der Waals surface area contributed by atoms with Crippen molar-refractivity contribution in [1.82, 2.24) is 14.9 Å². The maximum absolute atomic E-state index is 13.0. The fourth-order valence-corrected chi connectivity index (χ4v) is 2.63. The van der Waals surface area contributed by atoms with Gasteiger partial charge in [0, 0.05) is 30.9 Å². The van der Waals surface area contributed by atoms with E-state index in [1.165, 1.54) is 18.2 Å². The molecule has 0 atom stereocenters. The molecule has 1 heterocycles. The second kappa shape index (κ2) is 10.1. The van der Waals surface area contributed by atoms with Crippen LogP contribution in [0.25, 0.3) is 0 Å². The van der Waals surface area contributed by atoms with Gasteiger partial charge in [-0.2, -0.15) is 13.8 Å². The van der Waals surface area contributed by atoms with Crippen molar-refractivity contribution >= 4 is 23.5 Å². The number of alkyl halides is 2. The third-order valence-electron chi connectivity index (χ3n) is 3.89. The van der Waals surface area contributed by atoms with Gasteiger partial charge < -0.3 is 20.3 Å². The smallest absolute Gasteiger partial charge is 0.394 e. The molecule has 10 heteroatoms. The van der Waals surface area contributed by atoms with E-state index in [0.29, 0.717) is 29.7 Å². The van der Waals surface area contributed by atoms with Crippen molar-refractivity contribution in [2.75, 3.05) is 43.1 Å². The Balaban J connectivity index is 1.96. The predicted molar refractivity (Wildman–Crippen MR) is 113 cm³/mol. The van der Waals surface area contributed by atoms with Gasteiger partial charge in [0.25, 0.3) is 0 Å². The van der Waals surface area contributed by atoms with Crippen LogP contribution in [0.15, 0.2) is 24.3 Å². The van der Waals surface area contributed by atoms with E-state index in [9.17, 15) is 13.6 Å². The second-order valence-electron chi connectivity index (χ2n) is 7.27. The Morgan fingerprint density at radius 3 is 2.53 bits per heavy atom. The zero-order valence-electron chi connectivity index (χ0n) is 17.8. The van der Waals surface area contributed by atoms with E-state index >= 15 is 0 Å². The third kappa shape index (κ3) is 8.16. The lowest BCUT2D eigenvalue weighted by atomic mass is 10.2. The van der Waals surface area contributed by atoms with Crippen molar-refractivity contribution in [1.29, 1.82) is 0 Å². The van der Waals surface area contributed by atoms with E-state index < -0.39 is 12.1 Å². The van der Waals surface area contributed by atoms with Gasteiger partial charge in [0.2, 0.25) is 5.95 Å². The average molecular weight is 422 g/mol. The molecule has 2 rings (SSSR count). The van der Waals surface area contributed by atoms with E-state index in [2.05, 4.69) is 35.6 Å². The van der Waals surface area contributed by atoms with Crippen LogP contribution >= 0.6 is 0 Å². The molecule has 0 unspecified atom stereocenters. The normalized spacial score (nSPS) is 11.3. The SMILES string of the molecule is Cc1cc(NCCCN(C)C)nc(NC(=O)Nc2ccc(OC(C)(F)F)c(C)c2)n1. The van der Waals surface area contributed by atoms with Crippen molar-refractivity contribution in [3.05, 3.63) is 35.5 Å². The van der Waals surface area contributed by atoms with Crippen molar-refractivity contribution in [2.24, 2.45) is 0 Å². The maximum atomic E-state index is 13.0. The van der Waals surface area contributed by atoms with Gasteiger partial charge in [-0.1, -0.05) is 0 Å². The van der Waals surface area contributed by atoms with Crippen LogP contribution in [0.3, 0.4) is 0 Å². The number of hydrogen-bond acceptors (Lipinski definition) is 6. The van der Waals surface area contributed by atoms with Crippen LogP contribution in [0.4, 0.5) is 31.0 Å². The number of carbonyl (C=O) groups excluding carboxylic acids is 1. The molecular weight excluding hydrogens is 394 g/mol. The van der Waals surface area contributed by atoms with E-state index in [1.807, 2.05) is 14.1 Å². The molecule has 1 aromatic carbocycles. The maximum Gasteiger partial charge on any atom is 0.394 e. The van der Waals surface area contributed by atoms with Crippen molar-refractivity contribution in [3.8, 4) is 5.75 Å². The molecular formula is C20H28F2N6O2. The molecule has 2 aromatic rings. The summed E-state index contributed by atoms with van der Waals surface area (Å²) in [6.07, 6.45) is -2.33. The average Bonchev–Trinajstić information content (AvgIpc) is 2.59. The van der Waals surface area contributed by atoms with Gasteiger partial charge in [-0.05, 0) is 64.7 Å². The summed E-state index contributed by atoms with van der Waals surface area (Å²) < 4.78 is 30.6. The molecule has 164 valence electrons. The molecule has 1 aromatic heterocycles. The van der Waals surface area contributed by atoms with Gasteiger partial charge in [-0.25, -0.2) is 9.78 Å². The highest BCUT2D eigenvalue weighted by molar-refractivity contribution is 5.98. The number of aryl methyl sites for hydroxylation is 2. The van der Waals surface area contributed by atoms with Crippen LogP contribution in [-0.4, -0.2) is 54.2 Å². The number of ether oxygens (including phenoxy) is 1. The zero-order chi connectivity index (χ0) is 22.3. The number of hydrogen-bond donors (Lipinski definition) is 3. The first-order chi connectivity index (χ1) is 14.0. The van der Waals surface area contributed by atoms with Gasteiger partial charge in [0.05, 0.1) is 0 Å². The second-order valence-corrected chi connectivity index (χ2v) is 7.27. The summed E-state index contributed by atoms with van der Waals surface area (Å²) in [6, 6.07) is 5.64. The first-order valence-electron chi connectivity index (χ1n) is 9.51. The van der Waals surface area contributed by atoms with Gasteiger partial charge in [0.1, 0.15) is 11.6 Å². The lowest BCUT2D eigenvalue weighted by Gasteiger charge is -2.16. The fraction of sp³-hybridized carbons (Fsp3) is 0.450. The van der Waals surface area contributed by atoms with Crippen molar-refractivity contribution in [2.45, 2.75) is 33.3 Å². The molecule has 0 radical (unpaired) electrons. The molecule has 30 heavy (non-hydrogen) atoms. The fourth-order valence-electron chi connectivity index (χ4n) is 2.63. The molecule has 8 nitrogen and oxygen atoms in total. The molecule has 0 aliphatic heterocycles. The van der Waals surface area contributed by atoms with Crippen LogP contribution in [0.2, 0.25) is 0 Å². The topological polar surface area (TPSA) is 91.4 Å². The number of nitrogens with one attached hydrogen (secondary N) is 3. The van der Waals surface area contributed by atoms with Crippen LogP contribution in [0.5, 0.6) is 5.75 Å². The highest BCUT2D eigenvalue weighted by Gasteiger charge is 2.24. The molecule has 0 aliphatic carbocycles. The Morgan fingerprint density at radius 1 is 1.17 bits per heavy atom. The lowest BCUT2D eigenvalue weighted by molar-refractivity contribution is -0.159. The number of urea groups is 1. The van der Waals surface area contributed by atoms with E-state index in [4.69, 9.17) is 0 Å². The minimum Gasteiger partial charge on any atom is -0.433 e. The van der Waals surface area contributed by atoms with Gasteiger partial charge in [-0.15, -0.1) is 0 Å². The summed E-state index contributed by atoms with van der Waals surface area (Å²) in [5, 5.41) is 8.42. The summed E-state index contributed by atoms with van der Waals surface area (Å²) in [4.78, 5) is 22.9. The molecule has 0 spiro atoms. The number of amides is 2. The summed E-state index contributed by atoms with van der Waals surface area (Å²) in [5.41, 5.74) is 1.59. The highest BCUT2D eigenvalue weighted by Crippen LogP contribution is 2.27. The van der Waals surface area contributed by atoms with E-state index in [0.717, 1.165) is 19.5 Å². The molecule has 0 bridgehead atoms. The van der Waals surface area contributed by atoms with Gasteiger partial charge in [-0.3, -0.25) is 5.32 Å². The Morgan fingerprint density at radius 2 is 1.90 bits per heavy atom. The number of halogens is 2. The Labute approximate surface area is 175 Å². The summed E-state index contributed by atoms with van der Waals surface area (Å²) >= 11 is 0. The number of aromatic nitrogens is 2. The van der Waals surface area contributed by atoms with Crippen molar-refractivity contribution < 1.29 is 18.3 Å². The van der Waals surface area contributed by atoms with Crippen molar-refractivity contribution in [3.63, 3.8) is 0 Å². The van der Waals surface area contributed by atoms with Crippen LogP contribution < -0.4 is 20.7 Å². The lowest BCUT2D eigenvalue weighted by Crippen LogP contribution is -2.22. The number of benzene rings is 1. The number of carbonyl (C=O) groups is 1. The van der Waals surface area contributed by atoms with Gasteiger partial charge in [0.15, 0.2) is 0 Å². The quantitative estimate of drug-likeness (QED) is 0.527. The van der Waals surface area contributed by atoms with Crippen LogP contribution in [0, 0.1) is 13.8 Å². The largest absolute Gasteiger partial charge is 0.433 e. The summed E-state index contributed by atoms with van der Waals surface area (Å²) in [7, 11) is 4.02. The number of rotatable bonds is 9. The molecule has 0 fully saturated rings. The Bertz CT molecular complexity index is 871. The predicted octanol–water partition coefficient (Wildman–Crippen LogP) is 4.09. The number of anilines is 3. The minimum absolute atomic E-state index is 0.0421. The Kier molecular flexibility index (Phi) is 7.87. The molecule has 0 saturated carbocycles. The van der Waals surface area contributed by atoms with Crippen LogP contribution in [0.1, 0.15) is 24.6 Å². The monoisotopic (exact) mass is 422 g/mol. The third-order valence-corrected chi connectivity index (χ3v) is 3.89.